The number of hydrogen-bond donors (Lipinski definition) is 2. The molecule has 13 nitrogen and oxygen atoms in total. The van der Waals surface area contributed by atoms with Crippen LogP contribution in [0.5, 0.6) is 0 Å². The number of piperazine rings is 1. The van der Waals surface area contributed by atoms with E-state index in [1.165, 1.54) is 6.20 Å². The minimum Gasteiger partial charge on any atom is -0.444 e. The Balaban J connectivity index is 1.32. The third-order valence-electron chi connectivity index (χ3n) is 5.26. The number of aromatic amines is 1. The van der Waals surface area contributed by atoms with Crippen LogP contribution in [0.1, 0.15) is 20.8 Å². The van der Waals surface area contributed by atoms with Gasteiger partial charge in [-0.25, -0.2) is 28.2 Å². The molecule has 0 unspecified atom stereocenters. The Morgan fingerprint density at radius 2 is 1.91 bits per heavy atom. The van der Waals surface area contributed by atoms with Crippen LogP contribution in [-0.4, -0.2) is 106 Å². The average Bonchev–Trinajstić information content (AvgIpc) is 3.21. The van der Waals surface area contributed by atoms with Crippen LogP contribution < -0.4 is 5.32 Å². The van der Waals surface area contributed by atoms with Crippen molar-refractivity contribution in [2.45, 2.75) is 31.5 Å². The van der Waals surface area contributed by atoms with Crippen LogP contribution in [0.15, 0.2) is 23.6 Å². The standard InChI is InChI=1S/C21H29N9O4S/c1-21(2,3)34-20(31)30-11-9-29(10-12-30)8-7-22-18-24-13-14-16(27-28-17(14)26-18)15-5-6-23-19(25-15)35(4,32)33/h5-6,13H,7-12H2,1-4H3,(H2,22,24,26,27,28). The summed E-state index contributed by atoms with van der Waals surface area (Å²) >= 11 is 0. The second-order valence-electron chi connectivity index (χ2n) is 9.26. The van der Waals surface area contributed by atoms with Gasteiger partial charge in [0.2, 0.25) is 20.9 Å². The molecule has 1 saturated heterocycles. The number of sulfone groups is 1. The first kappa shape index (κ1) is 24.7. The van der Waals surface area contributed by atoms with E-state index in [-0.39, 0.29) is 11.2 Å². The summed E-state index contributed by atoms with van der Waals surface area (Å²) in [6, 6.07) is 1.58. The SMILES string of the molecule is CC(C)(C)OC(=O)N1CCN(CCNc2ncc3c(-c4ccnc(S(C)(=O)=O)n4)n[nH]c3n2)CC1. The lowest BCUT2D eigenvalue weighted by Gasteiger charge is -2.35. The first-order chi connectivity index (χ1) is 16.5. The van der Waals surface area contributed by atoms with E-state index in [2.05, 4.69) is 40.3 Å². The highest BCUT2D eigenvalue weighted by molar-refractivity contribution is 7.90. The van der Waals surface area contributed by atoms with Crippen LogP contribution in [0.4, 0.5) is 10.7 Å². The quantitative estimate of drug-likeness (QED) is 0.465. The maximum absolute atomic E-state index is 12.2. The lowest BCUT2D eigenvalue weighted by Crippen LogP contribution is -2.50. The smallest absolute Gasteiger partial charge is 0.410 e. The van der Waals surface area contributed by atoms with Crippen molar-refractivity contribution in [3.05, 3.63) is 18.5 Å². The number of carbonyl (C=O) groups is 1. The number of H-pyrrole nitrogens is 1. The third kappa shape index (κ3) is 6.19. The molecule has 3 aromatic rings. The predicted octanol–water partition coefficient (Wildman–Crippen LogP) is 1.18. The summed E-state index contributed by atoms with van der Waals surface area (Å²) < 4.78 is 29.0. The molecule has 0 radical (unpaired) electrons. The molecule has 188 valence electrons. The van der Waals surface area contributed by atoms with Gasteiger partial charge in [0.1, 0.15) is 11.3 Å². The molecule has 0 aliphatic carbocycles. The van der Waals surface area contributed by atoms with Crippen molar-refractivity contribution >= 4 is 32.9 Å². The number of fused-ring (bicyclic) bond motifs is 1. The molecule has 2 N–H and O–H groups in total. The lowest BCUT2D eigenvalue weighted by atomic mass is 10.2. The zero-order chi connectivity index (χ0) is 25.2. The van der Waals surface area contributed by atoms with Gasteiger partial charge in [0, 0.05) is 57.9 Å². The van der Waals surface area contributed by atoms with Gasteiger partial charge in [-0.2, -0.15) is 10.1 Å². The highest BCUT2D eigenvalue weighted by Crippen LogP contribution is 2.24. The van der Waals surface area contributed by atoms with Crippen LogP contribution in [-0.2, 0) is 14.6 Å². The molecule has 4 heterocycles. The Kier molecular flexibility index (Phi) is 6.85. The fourth-order valence-electron chi connectivity index (χ4n) is 3.55. The van der Waals surface area contributed by atoms with Gasteiger partial charge in [-0.1, -0.05) is 0 Å². The number of nitrogens with zero attached hydrogens (tertiary/aromatic N) is 7. The van der Waals surface area contributed by atoms with E-state index in [4.69, 9.17) is 4.74 Å². The topological polar surface area (TPSA) is 159 Å². The van der Waals surface area contributed by atoms with Crippen LogP contribution in [0.2, 0.25) is 0 Å². The zero-order valence-electron chi connectivity index (χ0n) is 20.1. The third-order valence-corrected chi connectivity index (χ3v) is 6.12. The Morgan fingerprint density at radius 1 is 1.17 bits per heavy atom. The summed E-state index contributed by atoms with van der Waals surface area (Å²) in [5.41, 5.74) is 0.814. The van der Waals surface area contributed by atoms with E-state index in [0.717, 1.165) is 25.9 Å². The maximum Gasteiger partial charge on any atom is 0.410 e. The largest absolute Gasteiger partial charge is 0.444 e. The monoisotopic (exact) mass is 503 g/mol. The van der Waals surface area contributed by atoms with Crippen molar-refractivity contribution < 1.29 is 17.9 Å². The predicted molar refractivity (Wildman–Crippen MR) is 129 cm³/mol. The summed E-state index contributed by atoms with van der Waals surface area (Å²) in [6.07, 6.45) is 3.77. The molecular formula is C21H29N9O4S. The minimum absolute atomic E-state index is 0.266. The van der Waals surface area contributed by atoms with E-state index in [1.807, 2.05) is 20.8 Å². The van der Waals surface area contributed by atoms with Crippen LogP contribution in [0.25, 0.3) is 22.4 Å². The van der Waals surface area contributed by atoms with E-state index in [0.29, 0.717) is 48.0 Å². The second-order valence-corrected chi connectivity index (χ2v) is 11.2. The normalized spacial score (nSPS) is 15.4. The number of nitrogens with one attached hydrogen (secondary N) is 2. The molecule has 0 aromatic carbocycles. The van der Waals surface area contributed by atoms with Crippen molar-refractivity contribution in [2.24, 2.45) is 0 Å². The van der Waals surface area contributed by atoms with Crippen molar-refractivity contribution in [1.82, 2.24) is 39.9 Å². The van der Waals surface area contributed by atoms with E-state index >= 15 is 0 Å². The number of rotatable bonds is 6. The van der Waals surface area contributed by atoms with Gasteiger partial charge in [-0.05, 0) is 26.8 Å². The summed E-state index contributed by atoms with van der Waals surface area (Å²) in [5, 5.41) is 10.6. The number of hydrogen-bond acceptors (Lipinski definition) is 11. The Labute approximate surface area is 203 Å². The highest BCUT2D eigenvalue weighted by atomic mass is 32.2. The molecule has 4 rings (SSSR count). The van der Waals surface area contributed by atoms with Gasteiger partial charge >= 0.3 is 6.09 Å². The van der Waals surface area contributed by atoms with Gasteiger partial charge in [0.25, 0.3) is 0 Å². The Hall–Kier alpha value is -3.39. The molecule has 14 heteroatoms. The fraction of sp³-hybridized carbons (Fsp3) is 0.524. The number of anilines is 1. The molecule has 1 aliphatic rings. The van der Waals surface area contributed by atoms with Crippen molar-refractivity contribution in [3.8, 4) is 11.4 Å². The number of carbonyl (C=O) groups excluding carboxylic acids is 1. The highest BCUT2D eigenvalue weighted by Gasteiger charge is 2.25. The molecule has 1 fully saturated rings. The van der Waals surface area contributed by atoms with Gasteiger partial charge in [-0.15, -0.1) is 0 Å². The number of ether oxygens (including phenoxy) is 1. The second kappa shape index (κ2) is 9.70. The van der Waals surface area contributed by atoms with E-state index in [1.54, 1.807) is 17.2 Å². The average molecular weight is 504 g/mol. The Morgan fingerprint density at radius 3 is 2.60 bits per heavy atom. The number of aromatic nitrogens is 6. The van der Waals surface area contributed by atoms with E-state index in [9.17, 15) is 13.2 Å². The first-order valence-corrected chi connectivity index (χ1v) is 13.1. The fourth-order valence-corrected chi connectivity index (χ4v) is 4.06. The van der Waals surface area contributed by atoms with Crippen molar-refractivity contribution in [1.29, 1.82) is 0 Å². The van der Waals surface area contributed by atoms with Crippen LogP contribution in [0, 0.1) is 0 Å². The Bertz CT molecular complexity index is 1310. The molecule has 1 aliphatic heterocycles. The molecule has 0 saturated carbocycles. The first-order valence-electron chi connectivity index (χ1n) is 11.2. The van der Waals surface area contributed by atoms with Gasteiger partial charge in [0.15, 0.2) is 5.65 Å². The van der Waals surface area contributed by atoms with Crippen LogP contribution in [0.3, 0.4) is 0 Å². The lowest BCUT2D eigenvalue weighted by molar-refractivity contribution is 0.0148. The van der Waals surface area contributed by atoms with Crippen LogP contribution >= 0.6 is 0 Å². The zero-order valence-corrected chi connectivity index (χ0v) is 21.0. The summed E-state index contributed by atoms with van der Waals surface area (Å²) in [6.45, 7) is 9.76. The molecule has 35 heavy (non-hydrogen) atoms. The van der Waals surface area contributed by atoms with E-state index < -0.39 is 15.4 Å². The van der Waals surface area contributed by atoms with Gasteiger partial charge in [-0.3, -0.25) is 10.00 Å². The summed E-state index contributed by atoms with van der Waals surface area (Å²) in [4.78, 5) is 32.9. The molecule has 0 bridgehead atoms. The van der Waals surface area contributed by atoms with Gasteiger partial charge < -0.3 is 15.0 Å². The van der Waals surface area contributed by atoms with Gasteiger partial charge in [0.05, 0.1) is 11.1 Å². The van der Waals surface area contributed by atoms with Crippen molar-refractivity contribution in [3.63, 3.8) is 0 Å². The maximum atomic E-state index is 12.2. The van der Waals surface area contributed by atoms with Crippen molar-refractivity contribution in [2.75, 3.05) is 50.8 Å². The molecule has 1 amide bonds. The minimum atomic E-state index is -3.54. The summed E-state index contributed by atoms with van der Waals surface area (Å²) in [5.74, 6) is 0.444. The molecular weight excluding hydrogens is 474 g/mol. The molecule has 3 aromatic heterocycles. The molecule has 0 spiro atoms. The number of amides is 1. The molecule has 0 atom stereocenters. The summed E-state index contributed by atoms with van der Waals surface area (Å²) in [7, 11) is -3.54.